The number of hydrogen-bond acceptors (Lipinski definition) is 5. The van der Waals surface area contributed by atoms with Crippen LogP contribution in [0.25, 0.3) is 0 Å². The van der Waals surface area contributed by atoms with Gasteiger partial charge in [0, 0.05) is 19.0 Å². The number of rotatable bonds is 12. The van der Waals surface area contributed by atoms with Crippen molar-refractivity contribution in [2.45, 2.75) is 39.2 Å². The highest BCUT2D eigenvalue weighted by atomic mass is 32.2. The summed E-state index contributed by atoms with van der Waals surface area (Å²) in [6, 6.07) is 14.4. The normalized spacial score (nSPS) is 12.3. The molecule has 176 valence electrons. The van der Waals surface area contributed by atoms with Gasteiger partial charge in [-0.05, 0) is 48.6 Å². The molecule has 1 N–H and O–H groups in total. The molecule has 1 atom stereocenters. The Morgan fingerprint density at radius 2 is 1.69 bits per heavy atom. The quantitative estimate of drug-likeness (QED) is 0.512. The lowest BCUT2D eigenvalue weighted by atomic mass is 9.96. The number of hydrogen-bond donors (Lipinski definition) is 1. The number of ether oxygens (including phenoxy) is 2. The number of anilines is 1. The van der Waals surface area contributed by atoms with E-state index in [4.69, 9.17) is 9.47 Å². The summed E-state index contributed by atoms with van der Waals surface area (Å²) in [5.74, 6) is 1.63. The Labute approximate surface area is 191 Å². The molecule has 0 unspecified atom stereocenters. The van der Waals surface area contributed by atoms with Crippen LogP contribution in [0.4, 0.5) is 5.69 Å². The highest BCUT2D eigenvalue weighted by Crippen LogP contribution is 2.25. The van der Waals surface area contributed by atoms with Crippen LogP contribution in [0.5, 0.6) is 11.5 Å². The van der Waals surface area contributed by atoms with E-state index in [-0.39, 0.29) is 24.9 Å². The highest BCUT2D eigenvalue weighted by molar-refractivity contribution is 7.92. The number of carbonyl (C=O) groups excluding carboxylic acids is 1. The van der Waals surface area contributed by atoms with E-state index in [1.807, 2.05) is 24.3 Å². The summed E-state index contributed by atoms with van der Waals surface area (Å²) < 4.78 is 36.4. The molecular formula is C24H34N2O5S. The van der Waals surface area contributed by atoms with Gasteiger partial charge in [-0.1, -0.05) is 32.0 Å². The summed E-state index contributed by atoms with van der Waals surface area (Å²) in [6.45, 7) is 4.43. The first-order chi connectivity index (χ1) is 15.1. The molecule has 2 rings (SSSR count). The lowest BCUT2D eigenvalue weighted by molar-refractivity contribution is -0.122. The summed E-state index contributed by atoms with van der Waals surface area (Å²) in [4.78, 5) is 12.7. The second kappa shape index (κ2) is 11.8. The molecular weight excluding hydrogens is 428 g/mol. The molecule has 0 aliphatic heterocycles. The highest BCUT2D eigenvalue weighted by Gasteiger charge is 2.20. The van der Waals surface area contributed by atoms with Gasteiger partial charge < -0.3 is 14.8 Å². The van der Waals surface area contributed by atoms with Crippen molar-refractivity contribution in [1.82, 2.24) is 5.32 Å². The van der Waals surface area contributed by atoms with E-state index in [0.717, 1.165) is 24.0 Å². The van der Waals surface area contributed by atoms with Gasteiger partial charge in [0.05, 0.1) is 32.2 Å². The van der Waals surface area contributed by atoms with Gasteiger partial charge in [0.15, 0.2) is 0 Å². The van der Waals surface area contributed by atoms with Crippen molar-refractivity contribution in [2.24, 2.45) is 5.92 Å². The van der Waals surface area contributed by atoms with Gasteiger partial charge in [0.25, 0.3) is 0 Å². The summed E-state index contributed by atoms with van der Waals surface area (Å²) in [5.41, 5.74) is 1.53. The molecule has 1 amide bonds. The van der Waals surface area contributed by atoms with Crippen molar-refractivity contribution in [3.8, 4) is 11.5 Å². The van der Waals surface area contributed by atoms with Crippen LogP contribution in [0.2, 0.25) is 0 Å². The zero-order valence-electron chi connectivity index (χ0n) is 19.5. The second-order valence-electron chi connectivity index (χ2n) is 8.16. The van der Waals surface area contributed by atoms with Crippen LogP contribution in [0.15, 0.2) is 48.5 Å². The van der Waals surface area contributed by atoms with E-state index >= 15 is 0 Å². The van der Waals surface area contributed by atoms with Crippen LogP contribution < -0.4 is 19.1 Å². The molecule has 7 nitrogen and oxygen atoms in total. The first-order valence-corrected chi connectivity index (χ1v) is 12.5. The molecule has 0 fully saturated rings. The van der Waals surface area contributed by atoms with E-state index in [0.29, 0.717) is 23.8 Å². The Kier molecular flexibility index (Phi) is 9.38. The zero-order chi connectivity index (χ0) is 23.7. The Morgan fingerprint density at radius 3 is 2.25 bits per heavy atom. The van der Waals surface area contributed by atoms with Crippen LogP contribution in [0, 0.1) is 5.92 Å². The van der Waals surface area contributed by atoms with Crippen LogP contribution in [-0.2, 0) is 14.8 Å². The topological polar surface area (TPSA) is 84.9 Å². The third-order valence-corrected chi connectivity index (χ3v) is 6.26. The van der Waals surface area contributed by atoms with Crippen molar-refractivity contribution in [2.75, 3.05) is 31.3 Å². The molecule has 2 aromatic rings. The van der Waals surface area contributed by atoms with Gasteiger partial charge in [-0.2, -0.15) is 0 Å². The van der Waals surface area contributed by atoms with Gasteiger partial charge in [0.1, 0.15) is 11.5 Å². The fourth-order valence-electron chi connectivity index (χ4n) is 3.49. The van der Waals surface area contributed by atoms with Crippen LogP contribution in [-0.4, -0.2) is 41.3 Å². The summed E-state index contributed by atoms with van der Waals surface area (Å²) in [7, 11) is -0.344. The molecule has 0 bridgehead atoms. The first-order valence-electron chi connectivity index (χ1n) is 10.7. The van der Waals surface area contributed by atoms with E-state index in [1.54, 1.807) is 31.4 Å². The minimum absolute atomic E-state index is 0.106. The first kappa shape index (κ1) is 25.5. The molecule has 0 aromatic heterocycles. The van der Waals surface area contributed by atoms with Crippen LogP contribution in [0.1, 0.15) is 44.7 Å². The molecule has 0 aliphatic carbocycles. The maximum Gasteiger partial charge on any atom is 0.232 e. The molecule has 0 radical (unpaired) electrons. The van der Waals surface area contributed by atoms with Gasteiger partial charge >= 0.3 is 0 Å². The number of sulfonamides is 1. The number of amides is 1. The van der Waals surface area contributed by atoms with Gasteiger partial charge in [-0.25, -0.2) is 8.42 Å². The van der Waals surface area contributed by atoms with Gasteiger partial charge in [-0.3, -0.25) is 9.10 Å². The predicted octanol–water partition coefficient (Wildman–Crippen LogP) is 4.15. The Hall–Kier alpha value is -2.74. The van der Waals surface area contributed by atoms with E-state index < -0.39 is 10.0 Å². The minimum Gasteiger partial charge on any atom is -0.497 e. The average molecular weight is 463 g/mol. The molecule has 0 heterocycles. The summed E-state index contributed by atoms with van der Waals surface area (Å²) >= 11 is 0. The maximum atomic E-state index is 12.7. The third-order valence-electron chi connectivity index (χ3n) is 5.07. The molecule has 8 heteroatoms. The minimum atomic E-state index is -3.50. The predicted molar refractivity (Wildman–Crippen MR) is 128 cm³/mol. The average Bonchev–Trinajstić information content (AvgIpc) is 2.75. The Bertz CT molecular complexity index is 974. The molecule has 0 spiro atoms. The fraction of sp³-hybridized carbons (Fsp3) is 0.458. The smallest absolute Gasteiger partial charge is 0.232 e. The maximum absolute atomic E-state index is 12.7. The molecule has 2 aromatic carbocycles. The van der Waals surface area contributed by atoms with Crippen LogP contribution >= 0.6 is 0 Å². The lowest BCUT2D eigenvalue weighted by Crippen LogP contribution is -2.33. The van der Waals surface area contributed by atoms with E-state index in [2.05, 4.69) is 19.2 Å². The largest absolute Gasteiger partial charge is 0.497 e. The number of carbonyl (C=O) groups is 1. The van der Waals surface area contributed by atoms with E-state index in [9.17, 15) is 13.2 Å². The van der Waals surface area contributed by atoms with E-state index in [1.165, 1.54) is 11.4 Å². The molecule has 0 aliphatic rings. The van der Waals surface area contributed by atoms with Crippen LogP contribution in [0.3, 0.4) is 0 Å². The lowest BCUT2D eigenvalue weighted by Gasteiger charge is -2.24. The van der Waals surface area contributed by atoms with Gasteiger partial charge in [0.2, 0.25) is 15.9 Å². The molecule has 32 heavy (non-hydrogen) atoms. The second-order valence-corrected chi connectivity index (χ2v) is 10.1. The van der Waals surface area contributed by atoms with Crippen molar-refractivity contribution in [1.29, 1.82) is 0 Å². The standard InChI is InChI=1S/C24H34N2O5S/c1-18(2)16-23(19-11-13-21(30-3)14-12-19)25-24(27)10-7-15-26(32(5,28)29)20-8-6-9-22(17-20)31-4/h6,8-9,11-14,17-18,23H,7,10,15-16H2,1-5H3,(H,25,27)/t23-/m1/s1. The van der Waals surface area contributed by atoms with Gasteiger partial charge in [-0.15, -0.1) is 0 Å². The zero-order valence-corrected chi connectivity index (χ0v) is 20.3. The SMILES string of the molecule is COc1ccc([C@@H](CC(C)C)NC(=O)CCCN(c2cccc(OC)c2)S(C)(=O)=O)cc1. The third kappa shape index (κ3) is 7.75. The number of benzene rings is 2. The summed E-state index contributed by atoms with van der Waals surface area (Å²) in [6.07, 6.45) is 2.58. The molecule has 0 saturated heterocycles. The van der Waals surface area contributed by atoms with Crippen molar-refractivity contribution < 1.29 is 22.7 Å². The Balaban J connectivity index is 2.02. The van der Waals surface area contributed by atoms with Crippen molar-refractivity contribution >= 4 is 21.6 Å². The fourth-order valence-corrected chi connectivity index (χ4v) is 4.44. The van der Waals surface area contributed by atoms with Crippen molar-refractivity contribution in [3.63, 3.8) is 0 Å². The Morgan fingerprint density at radius 1 is 1.03 bits per heavy atom. The molecule has 0 saturated carbocycles. The summed E-state index contributed by atoms with van der Waals surface area (Å²) in [5, 5.41) is 3.10. The van der Waals surface area contributed by atoms with Crippen molar-refractivity contribution in [3.05, 3.63) is 54.1 Å². The number of nitrogens with one attached hydrogen (secondary N) is 1. The number of methoxy groups -OCH3 is 2. The number of nitrogens with zero attached hydrogens (tertiary/aromatic N) is 1. The monoisotopic (exact) mass is 462 g/mol.